The summed E-state index contributed by atoms with van der Waals surface area (Å²) >= 11 is 0. The van der Waals surface area contributed by atoms with Crippen molar-refractivity contribution in [2.24, 2.45) is 0 Å². The first-order valence-corrected chi connectivity index (χ1v) is 8.21. The number of halogens is 5. The first-order chi connectivity index (χ1) is 12.8. The van der Waals surface area contributed by atoms with Crippen molar-refractivity contribution in [1.82, 2.24) is 14.9 Å². The molecule has 2 aromatic heterocycles. The van der Waals surface area contributed by atoms with Gasteiger partial charge in [0.25, 0.3) is 0 Å². The van der Waals surface area contributed by atoms with Crippen LogP contribution in [0, 0.1) is 11.8 Å². The number of anilines is 1. The van der Waals surface area contributed by atoms with Crippen molar-refractivity contribution >= 4 is 11.7 Å². The summed E-state index contributed by atoms with van der Waals surface area (Å²) in [5.41, 5.74) is -0.839. The number of urea groups is 1. The zero-order valence-electron chi connectivity index (χ0n) is 13.7. The van der Waals surface area contributed by atoms with Gasteiger partial charge in [0.1, 0.15) is 5.69 Å². The fourth-order valence-electron chi connectivity index (χ4n) is 3.80. The highest BCUT2D eigenvalue weighted by Gasteiger charge is 2.44. The lowest BCUT2D eigenvalue weighted by Crippen LogP contribution is -2.44. The smallest absolute Gasteiger partial charge is 0.314 e. The first kappa shape index (κ1) is 17.6. The van der Waals surface area contributed by atoms with Gasteiger partial charge in [0.15, 0.2) is 5.82 Å². The normalized spacial score (nSPS) is 21.1. The summed E-state index contributed by atoms with van der Waals surface area (Å²) in [6.07, 6.45) is -1.59. The molecule has 10 heteroatoms. The highest BCUT2D eigenvalue weighted by Crippen LogP contribution is 2.44. The number of carbonyl (C=O) groups is 1. The van der Waals surface area contributed by atoms with E-state index in [1.807, 2.05) is 0 Å². The Balaban J connectivity index is 0.00000225. The minimum atomic E-state index is -4.76. The zero-order valence-corrected chi connectivity index (χ0v) is 13.7. The number of hydrogen-bond acceptors (Lipinski definition) is 3. The molecule has 4 heterocycles. The first-order valence-electron chi connectivity index (χ1n) is 8.21. The van der Waals surface area contributed by atoms with Gasteiger partial charge in [-0.25, -0.2) is 19.2 Å². The third-order valence-corrected chi connectivity index (χ3v) is 4.96. The Morgan fingerprint density at radius 2 is 2.04 bits per heavy atom. The van der Waals surface area contributed by atoms with E-state index in [0.29, 0.717) is 36.2 Å². The second kappa shape index (κ2) is 6.14. The van der Waals surface area contributed by atoms with E-state index in [9.17, 15) is 26.7 Å². The van der Waals surface area contributed by atoms with Gasteiger partial charge in [-0.1, -0.05) is 0 Å². The van der Waals surface area contributed by atoms with E-state index in [-0.39, 0.29) is 13.9 Å². The van der Waals surface area contributed by atoms with Crippen LogP contribution in [0.15, 0.2) is 24.5 Å². The lowest BCUT2D eigenvalue weighted by Gasteiger charge is -2.36. The van der Waals surface area contributed by atoms with Gasteiger partial charge in [-0.2, -0.15) is 17.6 Å². The van der Waals surface area contributed by atoms with Crippen LogP contribution in [0.3, 0.4) is 0 Å². The molecule has 1 saturated heterocycles. The fourth-order valence-corrected chi connectivity index (χ4v) is 3.80. The van der Waals surface area contributed by atoms with Gasteiger partial charge in [0, 0.05) is 19.2 Å². The Kier molecular flexibility index (Phi) is 4.01. The zero-order chi connectivity index (χ0) is 19.3. The lowest BCUT2D eigenvalue weighted by atomic mass is 9.95. The van der Waals surface area contributed by atoms with Crippen molar-refractivity contribution in [3.05, 3.63) is 53.1 Å². The third-order valence-electron chi connectivity index (χ3n) is 4.96. The molecular formula is C17H15F5N4O. The van der Waals surface area contributed by atoms with Crippen molar-refractivity contribution in [3.63, 3.8) is 0 Å². The maximum Gasteiger partial charge on any atom is 0.433 e. The fraction of sp³-hybridized carbons (Fsp3) is 0.353. The Bertz CT molecular complexity index is 923. The highest BCUT2D eigenvalue weighted by molar-refractivity contribution is 5.90. The van der Waals surface area contributed by atoms with Crippen molar-refractivity contribution in [2.75, 3.05) is 5.32 Å². The van der Waals surface area contributed by atoms with Gasteiger partial charge in [0.2, 0.25) is 5.95 Å². The number of alkyl halides is 3. The number of amides is 2. The molecule has 2 atom stereocenters. The number of nitrogens with zero attached hydrogens (tertiary/aromatic N) is 3. The summed E-state index contributed by atoms with van der Waals surface area (Å²) in [6.45, 7) is 0. The Morgan fingerprint density at radius 3 is 2.78 bits per heavy atom. The lowest BCUT2D eigenvalue weighted by molar-refractivity contribution is -0.141. The summed E-state index contributed by atoms with van der Waals surface area (Å²) in [7, 11) is 0. The summed E-state index contributed by atoms with van der Waals surface area (Å²) < 4.78 is 66.1. The molecule has 27 heavy (non-hydrogen) atoms. The van der Waals surface area contributed by atoms with Gasteiger partial charge in [-0.05, 0) is 37.0 Å². The van der Waals surface area contributed by atoms with E-state index < -0.39 is 41.4 Å². The van der Waals surface area contributed by atoms with Crippen LogP contribution in [0.5, 0.6) is 0 Å². The van der Waals surface area contributed by atoms with Crippen LogP contribution < -0.4 is 5.32 Å². The van der Waals surface area contributed by atoms with E-state index in [1.165, 1.54) is 11.1 Å². The second-order valence-electron chi connectivity index (χ2n) is 6.51. The van der Waals surface area contributed by atoms with Gasteiger partial charge >= 0.3 is 12.2 Å². The molecule has 1 N–H and O–H groups in total. The summed E-state index contributed by atoms with van der Waals surface area (Å²) in [4.78, 5) is 20.7. The molecule has 4 rings (SSSR count). The van der Waals surface area contributed by atoms with E-state index in [4.69, 9.17) is 0 Å². The van der Waals surface area contributed by atoms with Crippen LogP contribution in [0.25, 0.3) is 0 Å². The minimum absolute atomic E-state index is 0. The van der Waals surface area contributed by atoms with Crippen molar-refractivity contribution in [3.8, 4) is 0 Å². The van der Waals surface area contributed by atoms with Crippen LogP contribution in [0.4, 0.5) is 32.4 Å². The number of aromatic nitrogens is 2. The third kappa shape index (κ3) is 2.98. The summed E-state index contributed by atoms with van der Waals surface area (Å²) in [5, 5.41) is 2.20. The number of carbonyl (C=O) groups excluding carboxylic acids is 1. The Hall–Kier alpha value is -2.78. The predicted molar refractivity (Wildman–Crippen MR) is 85.8 cm³/mol. The summed E-state index contributed by atoms with van der Waals surface area (Å²) in [5.74, 6) is -1.66. The monoisotopic (exact) mass is 386 g/mol. The van der Waals surface area contributed by atoms with Gasteiger partial charge in [-0.3, -0.25) is 0 Å². The number of nitrogens with one attached hydrogen (secondary N) is 1. The number of fused-ring (bicyclic) bond motifs is 4. The topological polar surface area (TPSA) is 58.1 Å². The van der Waals surface area contributed by atoms with Crippen molar-refractivity contribution < 1.29 is 28.2 Å². The number of hydrogen-bond donors (Lipinski definition) is 1. The van der Waals surface area contributed by atoms with E-state index in [2.05, 4.69) is 15.3 Å². The Morgan fingerprint density at radius 1 is 1.26 bits per heavy atom. The molecule has 1 fully saturated rings. The van der Waals surface area contributed by atoms with Crippen LogP contribution in [0.1, 0.15) is 37.1 Å². The molecular weight excluding hydrogens is 371 g/mol. The SMILES string of the molecule is O=C(Nc1cc(C(F)(F)F)ncc1F)N1C2CC[C@@H]1c1ccnc(F)c1C2.[HH]. The second-order valence-corrected chi connectivity index (χ2v) is 6.51. The maximum absolute atomic E-state index is 13.9. The molecule has 0 spiro atoms. The quantitative estimate of drug-likeness (QED) is 0.587. The molecule has 0 saturated carbocycles. The largest absolute Gasteiger partial charge is 0.433 e. The molecule has 2 bridgehead atoms. The van der Waals surface area contributed by atoms with E-state index in [1.54, 1.807) is 6.07 Å². The molecule has 5 nitrogen and oxygen atoms in total. The average molecular weight is 386 g/mol. The van der Waals surface area contributed by atoms with E-state index in [0.717, 1.165) is 0 Å². The Labute approximate surface area is 151 Å². The van der Waals surface area contributed by atoms with Crippen LogP contribution in [-0.4, -0.2) is 26.9 Å². The van der Waals surface area contributed by atoms with Gasteiger partial charge in [0.05, 0.1) is 17.9 Å². The highest BCUT2D eigenvalue weighted by atomic mass is 19.4. The number of pyridine rings is 2. The van der Waals surface area contributed by atoms with Gasteiger partial charge in [-0.15, -0.1) is 0 Å². The van der Waals surface area contributed by atoms with Crippen LogP contribution in [-0.2, 0) is 12.6 Å². The predicted octanol–water partition coefficient (Wildman–Crippen LogP) is 4.31. The average Bonchev–Trinajstić information content (AvgIpc) is 2.92. The molecule has 2 amide bonds. The van der Waals surface area contributed by atoms with Crippen LogP contribution in [0.2, 0.25) is 0 Å². The number of rotatable bonds is 1. The molecule has 0 radical (unpaired) electrons. The van der Waals surface area contributed by atoms with Crippen molar-refractivity contribution in [2.45, 2.75) is 37.5 Å². The molecule has 2 aromatic rings. The standard InChI is InChI=1S/C17H13F5N4O.H2/c18-11-7-24-14(17(20,21)22)6-12(11)25-16(27)26-8-1-2-13(26)9-3-4-23-15(19)10(9)5-8;/h3-4,6-8,13H,1-2,5H2,(H,24,25,27);1H/t8?,13-;/m1./s1. The molecule has 144 valence electrons. The molecule has 0 aromatic carbocycles. The molecule has 2 aliphatic rings. The molecule has 1 unspecified atom stereocenters. The van der Waals surface area contributed by atoms with Crippen LogP contribution >= 0.6 is 0 Å². The minimum Gasteiger partial charge on any atom is -0.314 e. The molecule has 2 aliphatic heterocycles. The van der Waals surface area contributed by atoms with Crippen molar-refractivity contribution in [1.29, 1.82) is 0 Å². The molecule has 0 aliphatic carbocycles. The maximum atomic E-state index is 13.9. The van der Waals surface area contributed by atoms with E-state index >= 15 is 0 Å². The summed E-state index contributed by atoms with van der Waals surface area (Å²) in [6, 6.07) is 0.594. The van der Waals surface area contributed by atoms with Gasteiger partial charge < -0.3 is 10.2 Å².